The van der Waals surface area contributed by atoms with E-state index in [1.807, 2.05) is 0 Å². The summed E-state index contributed by atoms with van der Waals surface area (Å²) in [4.78, 5) is 0. The van der Waals surface area contributed by atoms with Crippen molar-refractivity contribution in [3.8, 4) is 5.75 Å². The highest BCUT2D eigenvalue weighted by Gasteiger charge is 2.09. The Morgan fingerprint density at radius 1 is 1.11 bits per heavy atom. The van der Waals surface area contributed by atoms with E-state index in [0.717, 1.165) is 0 Å². The molecular weight excluding hydrogens is 290 g/mol. The van der Waals surface area contributed by atoms with Crippen LogP contribution in [0.2, 0.25) is 10.0 Å². The molecule has 3 N–H and O–H groups in total. The first-order valence-electron chi connectivity index (χ1n) is 5.36. The maximum absolute atomic E-state index is 13.1. The Balaban J connectivity index is 2.39. The summed E-state index contributed by atoms with van der Waals surface area (Å²) in [6.07, 6.45) is 0. The van der Waals surface area contributed by atoms with Gasteiger partial charge in [0.25, 0.3) is 0 Å². The van der Waals surface area contributed by atoms with Gasteiger partial charge in [-0.05, 0) is 24.3 Å². The van der Waals surface area contributed by atoms with Gasteiger partial charge in [-0.15, -0.1) is 0 Å². The highest BCUT2D eigenvalue weighted by Crippen LogP contribution is 2.35. The second-order valence-electron chi connectivity index (χ2n) is 3.82. The average molecular weight is 301 g/mol. The molecule has 0 saturated carbocycles. The second kappa shape index (κ2) is 5.55. The SMILES string of the molecule is COc1cc(F)ccc1Nc1cc(Cl)c(Cl)cc1N. The largest absolute Gasteiger partial charge is 0.494 e. The number of benzene rings is 2. The fourth-order valence-corrected chi connectivity index (χ4v) is 1.92. The van der Waals surface area contributed by atoms with Crippen molar-refractivity contribution >= 4 is 40.3 Å². The predicted molar refractivity (Wildman–Crippen MR) is 77.1 cm³/mol. The molecule has 0 heterocycles. The van der Waals surface area contributed by atoms with Gasteiger partial charge in [0, 0.05) is 6.07 Å². The van der Waals surface area contributed by atoms with E-state index < -0.39 is 0 Å². The van der Waals surface area contributed by atoms with Crippen LogP contribution in [0.25, 0.3) is 0 Å². The summed E-state index contributed by atoms with van der Waals surface area (Å²) in [6.45, 7) is 0. The maximum atomic E-state index is 13.1. The second-order valence-corrected chi connectivity index (χ2v) is 4.64. The van der Waals surface area contributed by atoms with Gasteiger partial charge in [0.2, 0.25) is 0 Å². The van der Waals surface area contributed by atoms with Crippen molar-refractivity contribution in [2.24, 2.45) is 0 Å². The quantitative estimate of drug-likeness (QED) is 0.822. The number of nitrogens with two attached hydrogens (primary N) is 1. The van der Waals surface area contributed by atoms with Gasteiger partial charge in [0.05, 0.1) is 34.2 Å². The van der Waals surface area contributed by atoms with Crippen LogP contribution in [0.1, 0.15) is 0 Å². The molecule has 2 aromatic rings. The summed E-state index contributed by atoms with van der Waals surface area (Å²) < 4.78 is 18.2. The summed E-state index contributed by atoms with van der Waals surface area (Å²) in [5, 5.41) is 3.77. The van der Waals surface area contributed by atoms with E-state index in [2.05, 4.69) is 5.32 Å². The standard InChI is InChI=1S/C13H11Cl2FN2O/c1-19-13-4-7(16)2-3-11(13)18-12-6-9(15)8(14)5-10(12)17/h2-6,18H,17H2,1H3. The first-order valence-corrected chi connectivity index (χ1v) is 6.12. The summed E-state index contributed by atoms with van der Waals surface area (Å²) in [5.41, 5.74) is 7.42. The molecular formula is C13H11Cl2FN2O. The normalized spacial score (nSPS) is 10.3. The minimum atomic E-state index is -0.385. The van der Waals surface area contributed by atoms with Crippen LogP contribution in [-0.2, 0) is 0 Å². The van der Waals surface area contributed by atoms with Gasteiger partial charge in [-0.25, -0.2) is 4.39 Å². The number of anilines is 3. The highest BCUT2D eigenvalue weighted by atomic mass is 35.5. The molecule has 0 atom stereocenters. The molecule has 3 nitrogen and oxygen atoms in total. The Morgan fingerprint density at radius 3 is 2.47 bits per heavy atom. The molecule has 19 heavy (non-hydrogen) atoms. The molecule has 0 unspecified atom stereocenters. The molecule has 2 aromatic carbocycles. The van der Waals surface area contributed by atoms with Crippen molar-refractivity contribution in [1.29, 1.82) is 0 Å². The molecule has 0 fully saturated rings. The van der Waals surface area contributed by atoms with E-state index in [0.29, 0.717) is 32.9 Å². The number of methoxy groups -OCH3 is 1. The molecule has 0 aliphatic rings. The monoisotopic (exact) mass is 300 g/mol. The van der Waals surface area contributed by atoms with E-state index >= 15 is 0 Å². The lowest BCUT2D eigenvalue weighted by molar-refractivity contribution is 0.413. The summed E-state index contributed by atoms with van der Waals surface area (Å²) in [7, 11) is 1.46. The van der Waals surface area contributed by atoms with E-state index in [9.17, 15) is 4.39 Å². The topological polar surface area (TPSA) is 47.3 Å². The van der Waals surface area contributed by atoms with Gasteiger partial charge >= 0.3 is 0 Å². The minimum absolute atomic E-state index is 0.366. The van der Waals surface area contributed by atoms with E-state index in [4.69, 9.17) is 33.7 Å². The zero-order chi connectivity index (χ0) is 14.0. The predicted octanol–water partition coefficient (Wildman–Crippen LogP) is 4.47. The Bertz CT molecular complexity index is 620. The third-order valence-corrected chi connectivity index (χ3v) is 3.25. The number of halogens is 3. The summed E-state index contributed by atoms with van der Waals surface area (Å²) in [5.74, 6) is -0.0185. The molecule has 2 rings (SSSR count). The van der Waals surface area contributed by atoms with Gasteiger partial charge in [0.15, 0.2) is 0 Å². The zero-order valence-electron chi connectivity index (χ0n) is 10.0. The third kappa shape index (κ3) is 3.03. The zero-order valence-corrected chi connectivity index (χ0v) is 11.5. The van der Waals surface area contributed by atoms with E-state index in [1.54, 1.807) is 18.2 Å². The number of hydrogen-bond acceptors (Lipinski definition) is 3. The van der Waals surface area contributed by atoms with Gasteiger partial charge < -0.3 is 15.8 Å². The molecule has 0 radical (unpaired) electrons. The summed E-state index contributed by atoms with van der Waals surface area (Å²) in [6, 6.07) is 7.29. The van der Waals surface area contributed by atoms with Crippen LogP contribution in [0.15, 0.2) is 30.3 Å². The first kappa shape index (κ1) is 13.8. The molecule has 0 amide bonds. The number of ether oxygens (including phenoxy) is 1. The Kier molecular flexibility index (Phi) is 4.02. The van der Waals surface area contributed by atoms with Crippen LogP contribution in [0, 0.1) is 5.82 Å². The van der Waals surface area contributed by atoms with Crippen molar-refractivity contribution in [3.63, 3.8) is 0 Å². The van der Waals surface area contributed by atoms with Crippen LogP contribution in [0.5, 0.6) is 5.75 Å². The van der Waals surface area contributed by atoms with Crippen LogP contribution >= 0.6 is 23.2 Å². The third-order valence-electron chi connectivity index (χ3n) is 2.53. The van der Waals surface area contributed by atoms with Gasteiger partial charge in [-0.3, -0.25) is 0 Å². The van der Waals surface area contributed by atoms with Crippen molar-refractivity contribution in [1.82, 2.24) is 0 Å². The van der Waals surface area contributed by atoms with Crippen molar-refractivity contribution < 1.29 is 9.13 Å². The maximum Gasteiger partial charge on any atom is 0.145 e. The summed E-state index contributed by atoms with van der Waals surface area (Å²) >= 11 is 11.8. The van der Waals surface area contributed by atoms with Gasteiger partial charge in [-0.2, -0.15) is 0 Å². The Hall–Kier alpha value is -1.65. The molecule has 0 saturated heterocycles. The molecule has 6 heteroatoms. The number of nitrogens with one attached hydrogen (secondary N) is 1. The van der Waals surface area contributed by atoms with E-state index in [1.165, 1.54) is 19.2 Å². The smallest absolute Gasteiger partial charge is 0.145 e. The van der Waals surface area contributed by atoms with Gasteiger partial charge in [0.1, 0.15) is 11.6 Å². The lowest BCUT2D eigenvalue weighted by Crippen LogP contribution is -1.99. The minimum Gasteiger partial charge on any atom is -0.494 e. The fraction of sp³-hybridized carbons (Fsp3) is 0.0769. The highest BCUT2D eigenvalue weighted by molar-refractivity contribution is 6.42. The Morgan fingerprint density at radius 2 is 1.79 bits per heavy atom. The van der Waals surface area contributed by atoms with Crippen LogP contribution in [-0.4, -0.2) is 7.11 Å². The van der Waals surface area contributed by atoms with Crippen molar-refractivity contribution in [2.45, 2.75) is 0 Å². The van der Waals surface area contributed by atoms with Crippen LogP contribution in [0.4, 0.5) is 21.5 Å². The molecule has 100 valence electrons. The number of nitrogen functional groups attached to an aromatic ring is 1. The van der Waals surface area contributed by atoms with E-state index in [-0.39, 0.29) is 5.82 Å². The van der Waals surface area contributed by atoms with Crippen LogP contribution in [0.3, 0.4) is 0 Å². The lowest BCUT2D eigenvalue weighted by atomic mass is 10.2. The molecule has 0 bridgehead atoms. The van der Waals surface area contributed by atoms with Gasteiger partial charge in [-0.1, -0.05) is 23.2 Å². The molecule has 0 aliphatic carbocycles. The Labute approximate surface area is 120 Å². The molecule has 0 aliphatic heterocycles. The van der Waals surface area contributed by atoms with Crippen molar-refractivity contribution in [2.75, 3.05) is 18.2 Å². The average Bonchev–Trinajstić information content (AvgIpc) is 2.37. The number of hydrogen-bond donors (Lipinski definition) is 2. The first-order chi connectivity index (χ1) is 9.01. The van der Waals surface area contributed by atoms with Crippen molar-refractivity contribution in [3.05, 3.63) is 46.2 Å². The number of rotatable bonds is 3. The fourth-order valence-electron chi connectivity index (χ4n) is 1.58. The molecule has 0 spiro atoms. The lowest BCUT2D eigenvalue weighted by Gasteiger charge is -2.13. The van der Waals surface area contributed by atoms with Crippen LogP contribution < -0.4 is 15.8 Å². The molecule has 0 aromatic heterocycles.